The number of fused-ring (bicyclic) bond motifs is 1. The highest BCUT2D eigenvalue weighted by Crippen LogP contribution is 2.47. The van der Waals surface area contributed by atoms with Gasteiger partial charge in [0.25, 0.3) is 5.91 Å². The molecule has 1 aromatic carbocycles. The third-order valence-corrected chi connectivity index (χ3v) is 6.94. The second kappa shape index (κ2) is 10.0. The largest absolute Gasteiger partial charge is 0.480 e. The van der Waals surface area contributed by atoms with E-state index in [0.29, 0.717) is 33.1 Å². The van der Waals surface area contributed by atoms with E-state index in [4.69, 9.17) is 21.1 Å². The van der Waals surface area contributed by atoms with Gasteiger partial charge in [0.1, 0.15) is 17.9 Å². The van der Waals surface area contributed by atoms with Crippen molar-refractivity contribution in [3.63, 3.8) is 0 Å². The number of rotatable bonds is 6. The Morgan fingerprint density at radius 1 is 1.18 bits per heavy atom. The highest BCUT2D eigenvalue weighted by Gasteiger charge is 2.46. The minimum Gasteiger partial charge on any atom is -0.480 e. The van der Waals surface area contributed by atoms with Gasteiger partial charge in [0.2, 0.25) is 5.88 Å². The molecule has 0 saturated carbocycles. The zero-order valence-electron chi connectivity index (χ0n) is 21.5. The van der Waals surface area contributed by atoms with Crippen molar-refractivity contribution in [1.82, 2.24) is 19.4 Å². The van der Waals surface area contributed by atoms with Crippen molar-refractivity contribution in [3.05, 3.63) is 81.5 Å². The van der Waals surface area contributed by atoms with Crippen LogP contribution in [0.4, 0.5) is 4.39 Å². The molecular formula is C28H23ClFN5O4. The Kier molecular flexibility index (Phi) is 6.70. The van der Waals surface area contributed by atoms with Gasteiger partial charge in [-0.25, -0.2) is 9.37 Å². The minimum absolute atomic E-state index is 0.0307. The molecule has 1 amide bonds. The third kappa shape index (κ3) is 4.25. The fourth-order valence-corrected chi connectivity index (χ4v) is 5.20. The number of nitrogens with zero attached hydrogens (tertiary/aromatic N) is 5. The summed E-state index contributed by atoms with van der Waals surface area (Å²) in [6, 6.07) is 6.73. The van der Waals surface area contributed by atoms with Gasteiger partial charge in [0.15, 0.2) is 5.78 Å². The number of carbonyl (C=O) groups excluding carboxylic acids is 2. The Bertz CT molecular complexity index is 1640. The van der Waals surface area contributed by atoms with Crippen LogP contribution >= 0.6 is 11.6 Å². The monoisotopic (exact) mass is 547 g/mol. The third-order valence-electron chi connectivity index (χ3n) is 6.67. The molecular weight excluding hydrogens is 525 g/mol. The number of Topliss-reactive ketones (excluding diaryl/α,β-unsaturated/α-hetero) is 1. The number of ketones is 1. The molecule has 2 aromatic heterocycles. The number of ether oxygens (including phenoxy) is 2. The zero-order valence-corrected chi connectivity index (χ0v) is 22.3. The Morgan fingerprint density at radius 2 is 1.95 bits per heavy atom. The van der Waals surface area contributed by atoms with Gasteiger partial charge in [0.05, 0.1) is 48.0 Å². The number of aromatic nitrogens is 3. The first-order valence-electron chi connectivity index (χ1n) is 12.0. The molecule has 11 heteroatoms. The number of hydrogen-bond acceptors (Lipinski definition) is 7. The second-order valence-electron chi connectivity index (χ2n) is 9.25. The van der Waals surface area contributed by atoms with Crippen LogP contribution in [0.1, 0.15) is 59.5 Å². The van der Waals surface area contributed by atoms with E-state index in [-0.39, 0.29) is 41.4 Å². The summed E-state index contributed by atoms with van der Waals surface area (Å²) in [5.74, 6) is -1.23. The highest BCUT2D eigenvalue weighted by atomic mass is 35.5. The lowest BCUT2D eigenvalue weighted by Gasteiger charge is -2.31. The summed E-state index contributed by atoms with van der Waals surface area (Å²) in [6.45, 7) is 3.88. The van der Waals surface area contributed by atoms with Crippen molar-refractivity contribution in [2.45, 2.75) is 32.4 Å². The van der Waals surface area contributed by atoms with Crippen LogP contribution in [-0.2, 0) is 4.79 Å². The van der Waals surface area contributed by atoms with Crippen LogP contribution in [0.25, 0.3) is 11.3 Å². The van der Waals surface area contributed by atoms with Gasteiger partial charge < -0.3 is 14.0 Å². The Morgan fingerprint density at radius 3 is 2.59 bits per heavy atom. The summed E-state index contributed by atoms with van der Waals surface area (Å²) in [7, 11) is 2.91. The fraction of sp³-hybridized carbons (Fsp3) is 0.250. The highest BCUT2D eigenvalue weighted by molar-refractivity contribution is 6.32. The van der Waals surface area contributed by atoms with Crippen molar-refractivity contribution in [1.29, 1.82) is 5.26 Å². The molecule has 0 N–H and O–H groups in total. The Hall–Kier alpha value is -4.49. The van der Waals surface area contributed by atoms with Crippen molar-refractivity contribution in [3.8, 4) is 29.2 Å². The van der Waals surface area contributed by atoms with Crippen molar-refractivity contribution in [2.24, 2.45) is 0 Å². The molecule has 0 fully saturated rings. The van der Waals surface area contributed by atoms with Gasteiger partial charge in [-0.05, 0) is 43.7 Å². The van der Waals surface area contributed by atoms with E-state index in [9.17, 15) is 19.2 Å². The SMILES string of the molecule is COc1ncc(-c2cc3c(n2C(C)C)C(c2ccc(C#N)c(F)c2)N(C2=CC(Cl)=CCC2=O)C3=O)c(OC)n1. The number of halogens is 2. The average Bonchev–Trinajstić information content (AvgIpc) is 3.44. The van der Waals surface area contributed by atoms with Crippen LogP contribution in [0.3, 0.4) is 0 Å². The van der Waals surface area contributed by atoms with Gasteiger partial charge in [0, 0.05) is 23.7 Å². The predicted octanol–water partition coefficient (Wildman–Crippen LogP) is 5.08. The minimum atomic E-state index is -0.881. The molecule has 3 aromatic rings. The van der Waals surface area contributed by atoms with E-state index in [1.54, 1.807) is 24.4 Å². The van der Waals surface area contributed by atoms with Crippen LogP contribution in [0.15, 0.2) is 53.3 Å². The maximum absolute atomic E-state index is 14.9. The molecule has 9 nitrogen and oxygen atoms in total. The Balaban J connectivity index is 1.79. The molecule has 0 saturated heterocycles. The average molecular weight is 548 g/mol. The van der Waals surface area contributed by atoms with Gasteiger partial charge in [-0.2, -0.15) is 10.2 Å². The quantitative estimate of drug-likeness (QED) is 0.423. The molecule has 39 heavy (non-hydrogen) atoms. The van der Waals surface area contributed by atoms with Gasteiger partial charge in [-0.3, -0.25) is 14.5 Å². The number of hydrogen-bond donors (Lipinski definition) is 0. The van der Waals surface area contributed by atoms with Crippen LogP contribution < -0.4 is 9.47 Å². The molecule has 2 aliphatic rings. The summed E-state index contributed by atoms with van der Waals surface area (Å²) in [5.41, 5.74) is 2.36. The molecule has 3 heterocycles. The number of benzene rings is 1. The first kappa shape index (κ1) is 26.1. The molecule has 198 valence electrons. The zero-order chi connectivity index (χ0) is 28.0. The summed E-state index contributed by atoms with van der Waals surface area (Å²) >= 11 is 6.25. The van der Waals surface area contributed by atoms with E-state index in [2.05, 4.69) is 9.97 Å². The summed E-state index contributed by atoms with van der Waals surface area (Å²) in [4.78, 5) is 36.9. The molecule has 1 atom stereocenters. The molecule has 0 radical (unpaired) electrons. The van der Waals surface area contributed by atoms with Crippen molar-refractivity contribution < 1.29 is 23.5 Å². The number of allylic oxidation sites excluding steroid dienone is 4. The number of methoxy groups -OCH3 is 2. The maximum atomic E-state index is 14.9. The number of amides is 1. The standard InChI is InChI=1S/C28H23ClFN5O4/c1-14(2)34-21(19-13-32-28(39-4)33-26(19)38-3)11-18-25(34)24(15-5-6-16(12-31)20(30)9-15)35(27(18)37)22-10-17(29)7-8-23(22)36/h5-7,9-11,13-14,24H,8H2,1-4H3. The van der Waals surface area contributed by atoms with E-state index < -0.39 is 17.8 Å². The second-order valence-corrected chi connectivity index (χ2v) is 9.68. The fourth-order valence-electron chi connectivity index (χ4n) is 5.02. The van der Waals surface area contributed by atoms with Crippen molar-refractivity contribution in [2.75, 3.05) is 14.2 Å². The van der Waals surface area contributed by atoms with Crippen molar-refractivity contribution >= 4 is 23.3 Å². The lowest BCUT2D eigenvalue weighted by Crippen LogP contribution is -2.33. The first-order chi connectivity index (χ1) is 18.7. The molecule has 1 aliphatic heterocycles. The molecule has 0 spiro atoms. The molecule has 1 unspecified atom stereocenters. The summed E-state index contributed by atoms with van der Waals surface area (Å²) in [6.07, 6.45) is 4.60. The lowest BCUT2D eigenvalue weighted by molar-refractivity contribution is -0.116. The van der Waals surface area contributed by atoms with E-state index >= 15 is 0 Å². The molecule has 0 bridgehead atoms. The maximum Gasteiger partial charge on any atom is 0.319 e. The van der Waals surface area contributed by atoms with Crippen LogP contribution in [0, 0.1) is 17.1 Å². The normalized spacial score (nSPS) is 16.7. The van der Waals surface area contributed by atoms with E-state index in [1.165, 1.54) is 37.3 Å². The molecule has 1 aliphatic carbocycles. The number of nitriles is 1. The van der Waals surface area contributed by atoms with Crippen LogP contribution in [0.5, 0.6) is 11.9 Å². The van der Waals surface area contributed by atoms with E-state index in [0.717, 1.165) is 0 Å². The summed E-state index contributed by atoms with van der Waals surface area (Å²) in [5, 5.41) is 9.59. The molecule has 5 rings (SSSR count). The first-order valence-corrected chi connectivity index (χ1v) is 12.4. The van der Waals surface area contributed by atoms with Gasteiger partial charge >= 0.3 is 6.01 Å². The van der Waals surface area contributed by atoms with Gasteiger partial charge in [-0.1, -0.05) is 23.7 Å². The predicted molar refractivity (Wildman–Crippen MR) is 140 cm³/mol. The smallest absolute Gasteiger partial charge is 0.319 e. The van der Waals surface area contributed by atoms with Crippen LogP contribution in [0.2, 0.25) is 0 Å². The number of carbonyl (C=O) groups is 2. The van der Waals surface area contributed by atoms with E-state index in [1.807, 2.05) is 24.5 Å². The summed E-state index contributed by atoms with van der Waals surface area (Å²) < 4.78 is 27.5. The van der Waals surface area contributed by atoms with Crippen LogP contribution in [-0.4, -0.2) is 45.3 Å². The van der Waals surface area contributed by atoms with Gasteiger partial charge in [-0.15, -0.1) is 0 Å². The topological polar surface area (TPSA) is 110 Å². The Labute approximate surface area is 228 Å². The lowest BCUT2D eigenvalue weighted by atomic mass is 9.99.